The molecule has 0 saturated carbocycles. The number of ether oxygens (including phenoxy) is 1. The molecule has 1 aliphatic heterocycles. The molecule has 78 valence electrons. The van der Waals surface area contributed by atoms with Gasteiger partial charge in [0.1, 0.15) is 0 Å². The van der Waals surface area contributed by atoms with Crippen molar-refractivity contribution in [2.75, 3.05) is 13.2 Å². The van der Waals surface area contributed by atoms with E-state index in [1.807, 2.05) is 32.6 Å². The van der Waals surface area contributed by atoms with E-state index in [9.17, 15) is 4.79 Å². The van der Waals surface area contributed by atoms with E-state index in [1.165, 1.54) is 0 Å². The lowest BCUT2D eigenvalue weighted by Gasteiger charge is -2.36. The van der Waals surface area contributed by atoms with Gasteiger partial charge in [-0.3, -0.25) is 4.79 Å². The molecular formula is C10H21NO2. The molecule has 0 aliphatic carbocycles. The number of hydrogen-bond donors (Lipinski definition) is 0. The van der Waals surface area contributed by atoms with Crippen LogP contribution < -0.4 is 0 Å². The van der Waals surface area contributed by atoms with Gasteiger partial charge >= 0.3 is 0 Å². The van der Waals surface area contributed by atoms with E-state index < -0.39 is 0 Å². The number of morpholine rings is 1. The molecule has 2 atom stereocenters. The average Bonchev–Trinajstić information content (AvgIpc) is 2.12. The van der Waals surface area contributed by atoms with Crippen LogP contribution in [0, 0.1) is 0 Å². The first kappa shape index (κ1) is 12.4. The highest BCUT2D eigenvalue weighted by Crippen LogP contribution is 2.10. The van der Waals surface area contributed by atoms with Crippen molar-refractivity contribution in [2.45, 2.75) is 46.8 Å². The van der Waals surface area contributed by atoms with Gasteiger partial charge in [0.2, 0.25) is 5.91 Å². The number of rotatable bonds is 0. The first-order valence-corrected chi connectivity index (χ1v) is 5.00. The highest BCUT2D eigenvalue weighted by molar-refractivity contribution is 5.73. The number of nitrogens with zero attached hydrogens (tertiary/aromatic N) is 1. The summed E-state index contributed by atoms with van der Waals surface area (Å²) in [7, 11) is 0. The summed E-state index contributed by atoms with van der Waals surface area (Å²) in [5.41, 5.74) is 0. The van der Waals surface area contributed by atoms with Crippen molar-refractivity contribution in [1.29, 1.82) is 0 Å². The molecule has 0 radical (unpaired) electrons. The van der Waals surface area contributed by atoms with Crippen LogP contribution in [-0.2, 0) is 9.53 Å². The predicted molar refractivity (Wildman–Crippen MR) is 53.6 cm³/mol. The van der Waals surface area contributed by atoms with Gasteiger partial charge in [-0.2, -0.15) is 0 Å². The van der Waals surface area contributed by atoms with Gasteiger partial charge < -0.3 is 9.64 Å². The molecule has 0 bridgehead atoms. The van der Waals surface area contributed by atoms with Gasteiger partial charge in [0.25, 0.3) is 0 Å². The SMILES string of the molecule is CC.CC(=O)N1CC(C)OCC1C. The summed E-state index contributed by atoms with van der Waals surface area (Å²) >= 11 is 0. The van der Waals surface area contributed by atoms with E-state index in [2.05, 4.69) is 0 Å². The Hall–Kier alpha value is -0.570. The van der Waals surface area contributed by atoms with Crippen LogP contribution in [0.15, 0.2) is 0 Å². The summed E-state index contributed by atoms with van der Waals surface area (Å²) in [6.07, 6.45) is 0.190. The molecule has 1 rings (SSSR count). The molecule has 3 heteroatoms. The van der Waals surface area contributed by atoms with Crippen molar-refractivity contribution in [1.82, 2.24) is 4.90 Å². The highest BCUT2D eigenvalue weighted by atomic mass is 16.5. The largest absolute Gasteiger partial charge is 0.375 e. The monoisotopic (exact) mass is 187 g/mol. The molecule has 0 aromatic heterocycles. The Bertz CT molecular complexity index is 159. The third-order valence-corrected chi connectivity index (χ3v) is 2.01. The Balaban J connectivity index is 0.000000671. The summed E-state index contributed by atoms with van der Waals surface area (Å²) in [5, 5.41) is 0. The molecule has 13 heavy (non-hydrogen) atoms. The van der Waals surface area contributed by atoms with Crippen LogP contribution in [0.1, 0.15) is 34.6 Å². The van der Waals surface area contributed by atoms with Crippen molar-refractivity contribution < 1.29 is 9.53 Å². The van der Waals surface area contributed by atoms with Crippen LogP contribution in [0.2, 0.25) is 0 Å². The van der Waals surface area contributed by atoms with Crippen molar-refractivity contribution in [2.24, 2.45) is 0 Å². The molecule has 1 heterocycles. The van der Waals surface area contributed by atoms with Gasteiger partial charge in [-0.15, -0.1) is 0 Å². The molecule has 2 unspecified atom stereocenters. The molecule has 3 nitrogen and oxygen atoms in total. The van der Waals surface area contributed by atoms with E-state index >= 15 is 0 Å². The lowest BCUT2D eigenvalue weighted by atomic mass is 10.2. The topological polar surface area (TPSA) is 29.5 Å². The molecule has 0 aromatic carbocycles. The van der Waals surface area contributed by atoms with Gasteiger partial charge in [-0.05, 0) is 13.8 Å². The summed E-state index contributed by atoms with van der Waals surface area (Å²) in [6, 6.07) is 0.240. The maximum atomic E-state index is 11.0. The van der Waals surface area contributed by atoms with Crippen molar-refractivity contribution in [3.63, 3.8) is 0 Å². The quantitative estimate of drug-likeness (QED) is 0.577. The van der Waals surface area contributed by atoms with E-state index in [0.29, 0.717) is 6.61 Å². The van der Waals surface area contributed by atoms with Gasteiger partial charge in [0.15, 0.2) is 0 Å². The summed E-state index contributed by atoms with van der Waals surface area (Å²) in [4.78, 5) is 12.9. The fourth-order valence-electron chi connectivity index (χ4n) is 1.34. The van der Waals surface area contributed by atoms with Gasteiger partial charge in [0.05, 0.1) is 18.8 Å². The summed E-state index contributed by atoms with van der Waals surface area (Å²) in [5.74, 6) is 0.146. The Kier molecular flexibility index (Phi) is 5.71. The predicted octanol–water partition coefficient (Wildman–Crippen LogP) is 1.67. The number of hydrogen-bond acceptors (Lipinski definition) is 2. The van der Waals surface area contributed by atoms with Crippen LogP contribution >= 0.6 is 0 Å². The maximum absolute atomic E-state index is 11.0. The molecule has 1 saturated heterocycles. The van der Waals surface area contributed by atoms with Crippen LogP contribution in [0.5, 0.6) is 0 Å². The van der Waals surface area contributed by atoms with E-state index in [1.54, 1.807) is 6.92 Å². The molecule has 0 N–H and O–H groups in total. The molecule has 1 fully saturated rings. The molecular weight excluding hydrogens is 166 g/mol. The van der Waals surface area contributed by atoms with Gasteiger partial charge in [-0.25, -0.2) is 0 Å². The van der Waals surface area contributed by atoms with Gasteiger partial charge in [0, 0.05) is 13.5 Å². The Labute approximate surface area is 81.1 Å². The van der Waals surface area contributed by atoms with E-state index in [-0.39, 0.29) is 18.1 Å². The summed E-state index contributed by atoms with van der Waals surface area (Å²) < 4.78 is 5.38. The maximum Gasteiger partial charge on any atom is 0.219 e. The lowest BCUT2D eigenvalue weighted by molar-refractivity contribution is -0.140. The minimum Gasteiger partial charge on any atom is -0.375 e. The fourth-order valence-corrected chi connectivity index (χ4v) is 1.34. The Morgan fingerprint density at radius 1 is 1.38 bits per heavy atom. The first-order valence-electron chi connectivity index (χ1n) is 5.00. The fraction of sp³-hybridized carbons (Fsp3) is 0.900. The van der Waals surface area contributed by atoms with Crippen LogP contribution in [0.25, 0.3) is 0 Å². The second-order valence-corrected chi connectivity index (χ2v) is 3.16. The normalized spacial score (nSPS) is 27.6. The Morgan fingerprint density at radius 2 is 1.92 bits per heavy atom. The van der Waals surface area contributed by atoms with Crippen LogP contribution in [0.4, 0.5) is 0 Å². The van der Waals surface area contributed by atoms with E-state index in [0.717, 1.165) is 6.54 Å². The zero-order valence-electron chi connectivity index (χ0n) is 9.33. The number of carbonyl (C=O) groups excluding carboxylic acids is 1. The minimum absolute atomic E-state index is 0.146. The van der Waals surface area contributed by atoms with E-state index in [4.69, 9.17) is 4.74 Å². The third-order valence-electron chi connectivity index (χ3n) is 2.01. The zero-order chi connectivity index (χ0) is 10.4. The number of amides is 1. The lowest BCUT2D eigenvalue weighted by Crippen LogP contribution is -2.49. The second-order valence-electron chi connectivity index (χ2n) is 3.16. The minimum atomic E-state index is 0.146. The average molecular weight is 187 g/mol. The zero-order valence-corrected chi connectivity index (χ0v) is 9.33. The van der Waals surface area contributed by atoms with Crippen molar-refractivity contribution in [3.05, 3.63) is 0 Å². The van der Waals surface area contributed by atoms with Crippen molar-refractivity contribution >= 4 is 5.91 Å². The summed E-state index contributed by atoms with van der Waals surface area (Å²) in [6.45, 7) is 11.0. The Morgan fingerprint density at radius 3 is 2.31 bits per heavy atom. The van der Waals surface area contributed by atoms with Crippen LogP contribution in [-0.4, -0.2) is 36.1 Å². The molecule has 0 spiro atoms. The highest BCUT2D eigenvalue weighted by Gasteiger charge is 2.24. The van der Waals surface area contributed by atoms with Gasteiger partial charge in [-0.1, -0.05) is 13.8 Å². The van der Waals surface area contributed by atoms with Crippen molar-refractivity contribution in [3.8, 4) is 0 Å². The smallest absolute Gasteiger partial charge is 0.219 e. The van der Waals surface area contributed by atoms with Crippen LogP contribution in [0.3, 0.4) is 0 Å². The standard InChI is InChI=1S/C8H15NO2.C2H6/c1-6-5-11-7(2)4-9(6)8(3)10;1-2/h6-7H,4-5H2,1-3H3;1-2H3. The molecule has 1 aliphatic rings. The molecule has 1 amide bonds. The second kappa shape index (κ2) is 5.97. The molecule has 0 aromatic rings. The number of carbonyl (C=O) groups is 1. The first-order chi connectivity index (χ1) is 6.11. The third kappa shape index (κ3) is 3.77.